The molecule has 0 saturated carbocycles. The molecule has 5 heteroatoms. The van der Waals surface area contributed by atoms with Crippen molar-refractivity contribution in [3.05, 3.63) is 40.8 Å². The largest absolute Gasteiger partial charge is 0.361 e. The molecular formula is C17H19N3O2. The summed E-state index contributed by atoms with van der Waals surface area (Å²) in [6, 6.07) is 6.17. The first-order chi connectivity index (χ1) is 10.6. The van der Waals surface area contributed by atoms with Crippen LogP contribution in [0.2, 0.25) is 0 Å². The number of hydrogen-bond acceptors (Lipinski definition) is 4. The highest BCUT2D eigenvalue weighted by Gasteiger charge is 2.34. The molecular weight excluding hydrogens is 278 g/mol. The number of hydrogen-bond donors (Lipinski definition) is 2. The van der Waals surface area contributed by atoms with E-state index in [1.807, 2.05) is 19.9 Å². The zero-order chi connectivity index (χ0) is 15.3. The number of nitrogens with one attached hydrogen (secondary N) is 2. The third-order valence-corrected chi connectivity index (χ3v) is 4.88. The van der Waals surface area contributed by atoms with Gasteiger partial charge >= 0.3 is 0 Å². The maximum Gasteiger partial charge on any atom is 0.251 e. The molecule has 1 amide bonds. The SMILES string of the molecule is Cc1noc(C)c1-c1ccc2c(c1)C(=O)NC[C@@H]1CNCC21. The Kier molecular flexibility index (Phi) is 3.04. The molecule has 4 rings (SSSR count). The number of fused-ring (bicyclic) bond motifs is 3. The Hall–Kier alpha value is -2.14. The molecule has 114 valence electrons. The van der Waals surface area contributed by atoms with E-state index < -0.39 is 0 Å². The molecule has 0 spiro atoms. The van der Waals surface area contributed by atoms with Gasteiger partial charge in [0.2, 0.25) is 0 Å². The van der Waals surface area contributed by atoms with Crippen LogP contribution in [0.5, 0.6) is 0 Å². The maximum absolute atomic E-state index is 12.5. The van der Waals surface area contributed by atoms with E-state index in [1.165, 1.54) is 0 Å². The Balaban J connectivity index is 1.85. The second-order valence-corrected chi connectivity index (χ2v) is 6.24. The number of amides is 1. The van der Waals surface area contributed by atoms with Gasteiger partial charge in [0, 0.05) is 36.7 Å². The number of benzene rings is 1. The van der Waals surface area contributed by atoms with Crippen molar-refractivity contribution in [3.63, 3.8) is 0 Å². The van der Waals surface area contributed by atoms with E-state index in [-0.39, 0.29) is 5.91 Å². The topological polar surface area (TPSA) is 67.2 Å². The Morgan fingerprint density at radius 1 is 1.23 bits per heavy atom. The van der Waals surface area contributed by atoms with Crippen LogP contribution in [0, 0.1) is 19.8 Å². The van der Waals surface area contributed by atoms with Crippen molar-refractivity contribution in [2.45, 2.75) is 19.8 Å². The van der Waals surface area contributed by atoms with Gasteiger partial charge in [-0.15, -0.1) is 0 Å². The Morgan fingerprint density at radius 2 is 2.09 bits per heavy atom. The normalized spacial score (nSPS) is 23.6. The van der Waals surface area contributed by atoms with Crippen LogP contribution >= 0.6 is 0 Å². The minimum Gasteiger partial charge on any atom is -0.361 e. The number of carbonyl (C=O) groups is 1. The fraction of sp³-hybridized carbons (Fsp3) is 0.412. The predicted molar refractivity (Wildman–Crippen MR) is 82.8 cm³/mol. The summed E-state index contributed by atoms with van der Waals surface area (Å²) in [5, 5.41) is 10.5. The van der Waals surface area contributed by atoms with E-state index >= 15 is 0 Å². The van der Waals surface area contributed by atoms with Crippen molar-refractivity contribution in [2.24, 2.45) is 5.92 Å². The number of aromatic nitrogens is 1. The lowest BCUT2D eigenvalue weighted by molar-refractivity contribution is 0.0952. The summed E-state index contributed by atoms with van der Waals surface area (Å²) in [6.07, 6.45) is 0. The predicted octanol–water partition coefficient (Wildman–Crippen LogP) is 2.00. The second-order valence-electron chi connectivity index (χ2n) is 6.24. The van der Waals surface area contributed by atoms with Crippen molar-refractivity contribution in [1.82, 2.24) is 15.8 Å². The molecule has 3 heterocycles. The zero-order valence-electron chi connectivity index (χ0n) is 12.8. The zero-order valence-corrected chi connectivity index (χ0v) is 12.8. The second kappa shape index (κ2) is 4.95. The van der Waals surface area contributed by atoms with Gasteiger partial charge in [-0.1, -0.05) is 17.3 Å². The third kappa shape index (κ3) is 1.96. The number of rotatable bonds is 1. The van der Waals surface area contributed by atoms with Crippen molar-refractivity contribution in [2.75, 3.05) is 19.6 Å². The standard InChI is InChI=1S/C17H19N3O2/c1-9-16(10(2)22-20-9)11-3-4-13-14(5-11)17(21)19-7-12-6-18-8-15(12)13/h3-5,12,15,18H,6-8H2,1-2H3,(H,19,21)/t12-,15?/m0/s1. The molecule has 2 atom stereocenters. The maximum atomic E-state index is 12.5. The van der Waals surface area contributed by atoms with Crippen molar-refractivity contribution in [3.8, 4) is 11.1 Å². The summed E-state index contributed by atoms with van der Waals surface area (Å²) in [6.45, 7) is 6.48. The molecule has 2 N–H and O–H groups in total. The van der Waals surface area contributed by atoms with Crippen LogP contribution in [-0.4, -0.2) is 30.7 Å². The van der Waals surface area contributed by atoms with Gasteiger partial charge in [-0.05, 0) is 37.0 Å². The molecule has 1 unspecified atom stereocenters. The van der Waals surface area contributed by atoms with Crippen LogP contribution in [0.15, 0.2) is 22.7 Å². The summed E-state index contributed by atoms with van der Waals surface area (Å²) in [5.41, 5.74) is 4.77. The van der Waals surface area contributed by atoms with Gasteiger partial charge in [0.15, 0.2) is 0 Å². The summed E-state index contributed by atoms with van der Waals surface area (Å²) in [5.74, 6) is 1.70. The molecule has 22 heavy (non-hydrogen) atoms. The van der Waals surface area contributed by atoms with Crippen molar-refractivity contribution in [1.29, 1.82) is 0 Å². The average Bonchev–Trinajstić information content (AvgIpc) is 3.08. The van der Waals surface area contributed by atoms with E-state index in [1.54, 1.807) is 0 Å². The van der Waals surface area contributed by atoms with Crippen LogP contribution in [0.4, 0.5) is 0 Å². The highest BCUT2D eigenvalue weighted by Crippen LogP contribution is 2.35. The Bertz CT molecular complexity index is 731. The van der Waals surface area contributed by atoms with Crippen LogP contribution in [0.3, 0.4) is 0 Å². The molecule has 0 radical (unpaired) electrons. The lowest BCUT2D eigenvalue weighted by Crippen LogP contribution is -2.28. The summed E-state index contributed by atoms with van der Waals surface area (Å²) < 4.78 is 5.25. The summed E-state index contributed by atoms with van der Waals surface area (Å²) >= 11 is 0. The highest BCUT2D eigenvalue weighted by molar-refractivity contribution is 5.97. The highest BCUT2D eigenvalue weighted by atomic mass is 16.5. The number of nitrogens with zero attached hydrogens (tertiary/aromatic N) is 1. The van der Waals surface area contributed by atoms with Crippen LogP contribution < -0.4 is 10.6 Å². The van der Waals surface area contributed by atoms with Crippen LogP contribution in [0.25, 0.3) is 11.1 Å². The molecule has 1 fully saturated rings. The molecule has 0 aliphatic carbocycles. The van der Waals surface area contributed by atoms with Gasteiger partial charge in [-0.25, -0.2) is 0 Å². The lowest BCUT2D eigenvalue weighted by Gasteiger charge is -2.16. The molecule has 2 aliphatic rings. The molecule has 1 saturated heterocycles. The summed E-state index contributed by atoms with van der Waals surface area (Å²) in [7, 11) is 0. The van der Waals surface area contributed by atoms with Crippen molar-refractivity contribution >= 4 is 5.91 Å². The Labute approximate surface area is 129 Å². The van der Waals surface area contributed by atoms with Crippen LogP contribution in [-0.2, 0) is 0 Å². The van der Waals surface area contributed by atoms with E-state index in [0.717, 1.165) is 53.3 Å². The molecule has 0 bridgehead atoms. The monoisotopic (exact) mass is 297 g/mol. The molecule has 1 aromatic heterocycles. The van der Waals surface area contributed by atoms with Gasteiger partial charge in [0.05, 0.1) is 5.69 Å². The minimum atomic E-state index is 0.0259. The van der Waals surface area contributed by atoms with Crippen LogP contribution in [0.1, 0.15) is 33.3 Å². The average molecular weight is 297 g/mol. The first-order valence-corrected chi connectivity index (χ1v) is 7.71. The van der Waals surface area contributed by atoms with Crippen molar-refractivity contribution < 1.29 is 9.32 Å². The summed E-state index contributed by atoms with van der Waals surface area (Å²) in [4.78, 5) is 12.5. The minimum absolute atomic E-state index is 0.0259. The Morgan fingerprint density at radius 3 is 2.86 bits per heavy atom. The lowest BCUT2D eigenvalue weighted by atomic mass is 9.86. The van der Waals surface area contributed by atoms with E-state index in [2.05, 4.69) is 27.9 Å². The van der Waals surface area contributed by atoms with Gasteiger partial charge in [0.25, 0.3) is 5.91 Å². The fourth-order valence-corrected chi connectivity index (χ4v) is 3.76. The number of carbonyl (C=O) groups excluding carboxylic acids is 1. The van der Waals surface area contributed by atoms with Gasteiger partial charge in [-0.2, -0.15) is 0 Å². The molecule has 5 nitrogen and oxygen atoms in total. The smallest absolute Gasteiger partial charge is 0.251 e. The van der Waals surface area contributed by atoms with Gasteiger partial charge < -0.3 is 15.2 Å². The number of aryl methyl sites for hydroxylation is 2. The molecule has 1 aromatic carbocycles. The van der Waals surface area contributed by atoms with E-state index in [4.69, 9.17) is 4.52 Å². The third-order valence-electron chi connectivity index (χ3n) is 4.88. The molecule has 2 aromatic rings. The quantitative estimate of drug-likeness (QED) is 0.845. The first-order valence-electron chi connectivity index (χ1n) is 7.71. The fourth-order valence-electron chi connectivity index (χ4n) is 3.76. The van der Waals surface area contributed by atoms with E-state index in [9.17, 15) is 4.79 Å². The molecule has 2 aliphatic heterocycles. The van der Waals surface area contributed by atoms with Gasteiger partial charge in [-0.3, -0.25) is 4.79 Å². The van der Waals surface area contributed by atoms with E-state index in [0.29, 0.717) is 11.8 Å². The first kappa shape index (κ1) is 13.5. The van der Waals surface area contributed by atoms with Gasteiger partial charge in [0.1, 0.15) is 5.76 Å².